The largest absolute Gasteiger partial charge is 0.384 e. The Bertz CT molecular complexity index is 553. The first-order chi connectivity index (χ1) is 10.8. The van der Waals surface area contributed by atoms with Gasteiger partial charge in [-0.3, -0.25) is 0 Å². The number of aromatic nitrogens is 3. The lowest BCUT2D eigenvalue weighted by Gasteiger charge is -2.35. The van der Waals surface area contributed by atoms with Crippen molar-refractivity contribution in [3.8, 4) is 0 Å². The summed E-state index contributed by atoms with van der Waals surface area (Å²) < 4.78 is 7.34. The van der Waals surface area contributed by atoms with Gasteiger partial charge in [-0.05, 0) is 6.92 Å². The molecule has 0 spiro atoms. The number of hydrogen-bond donors (Lipinski definition) is 1. The first-order valence-corrected chi connectivity index (χ1v) is 8.23. The number of nitrogens with one attached hydrogen (secondary N) is 1. The molecule has 7 nitrogen and oxygen atoms in total. The smallest absolute Gasteiger partial charge is 0.318 e. The molecule has 0 bridgehead atoms. The lowest BCUT2D eigenvalue weighted by Crippen LogP contribution is -2.49. The molecule has 7 heteroatoms. The van der Waals surface area contributed by atoms with Gasteiger partial charge in [0.05, 0.1) is 12.6 Å². The molecule has 0 radical (unpaired) electrons. The molecular weight excluding hydrogens is 294 g/mol. The highest BCUT2D eigenvalue weighted by atomic mass is 16.5. The van der Waals surface area contributed by atoms with E-state index in [0.717, 1.165) is 18.2 Å². The minimum absolute atomic E-state index is 0.0537. The summed E-state index contributed by atoms with van der Waals surface area (Å²) in [7, 11) is 1.68. The molecule has 130 valence electrons. The summed E-state index contributed by atoms with van der Waals surface area (Å²) in [5.74, 6) is 2.19. The molecule has 1 aliphatic heterocycles. The maximum absolute atomic E-state index is 12.5. The van der Waals surface area contributed by atoms with Gasteiger partial charge in [-0.25, -0.2) is 4.79 Å². The fourth-order valence-electron chi connectivity index (χ4n) is 2.97. The van der Waals surface area contributed by atoms with Crippen molar-refractivity contribution >= 4 is 6.03 Å². The van der Waals surface area contributed by atoms with Crippen LogP contribution in [-0.2, 0) is 11.3 Å². The molecule has 0 fully saturated rings. The second kappa shape index (κ2) is 6.86. The van der Waals surface area contributed by atoms with Gasteiger partial charge in [0.1, 0.15) is 5.82 Å². The van der Waals surface area contributed by atoms with Crippen molar-refractivity contribution in [1.29, 1.82) is 0 Å². The number of amides is 2. The highest BCUT2D eigenvalue weighted by Crippen LogP contribution is 2.26. The second-order valence-corrected chi connectivity index (χ2v) is 7.35. The zero-order valence-electron chi connectivity index (χ0n) is 15.1. The average Bonchev–Trinajstić information content (AvgIpc) is 2.90. The number of hydrogen-bond acceptors (Lipinski definition) is 4. The molecule has 23 heavy (non-hydrogen) atoms. The molecule has 1 aliphatic rings. The number of fused-ring (bicyclic) bond motifs is 1. The third kappa shape index (κ3) is 3.83. The summed E-state index contributed by atoms with van der Waals surface area (Å²) in [5.41, 5.74) is -0.0890. The van der Waals surface area contributed by atoms with Crippen LogP contribution >= 0.6 is 0 Å². The molecule has 2 rings (SSSR count). The Morgan fingerprint density at radius 2 is 2.09 bits per heavy atom. The van der Waals surface area contributed by atoms with Crippen molar-refractivity contribution in [2.24, 2.45) is 5.41 Å². The second-order valence-electron chi connectivity index (χ2n) is 7.35. The summed E-state index contributed by atoms with van der Waals surface area (Å²) in [4.78, 5) is 14.4. The topological polar surface area (TPSA) is 72.3 Å². The van der Waals surface area contributed by atoms with E-state index in [-0.39, 0.29) is 17.5 Å². The average molecular weight is 323 g/mol. The zero-order valence-corrected chi connectivity index (χ0v) is 15.1. The lowest BCUT2D eigenvalue weighted by molar-refractivity contribution is 0.100. The minimum atomic E-state index is -0.0890. The van der Waals surface area contributed by atoms with Crippen LogP contribution in [0.3, 0.4) is 0 Å². The van der Waals surface area contributed by atoms with Gasteiger partial charge >= 0.3 is 6.03 Å². The normalized spacial score (nSPS) is 18.2. The third-order valence-electron chi connectivity index (χ3n) is 4.24. The zero-order chi connectivity index (χ0) is 17.2. The number of ether oxygens (including phenoxy) is 1. The van der Waals surface area contributed by atoms with Crippen LogP contribution in [0.4, 0.5) is 4.79 Å². The van der Waals surface area contributed by atoms with Gasteiger partial charge in [0.2, 0.25) is 0 Å². The van der Waals surface area contributed by atoms with Gasteiger partial charge in [0.15, 0.2) is 5.82 Å². The summed E-state index contributed by atoms with van der Waals surface area (Å²) >= 11 is 0. The Kier molecular flexibility index (Phi) is 5.29. The van der Waals surface area contributed by atoms with Crippen LogP contribution in [0.1, 0.15) is 58.2 Å². The standard InChI is InChI=1S/C16H29N5O2/c1-11(2)13-18-19-14-12(3)20(7-8-21(13)14)15(22)17-9-16(4,5)10-23-6/h11-12H,7-10H2,1-6H3,(H,17,22). The summed E-state index contributed by atoms with van der Waals surface area (Å²) in [5, 5.41) is 11.6. The van der Waals surface area contributed by atoms with E-state index < -0.39 is 0 Å². The quantitative estimate of drug-likeness (QED) is 0.901. The Balaban J connectivity index is 2.03. The number of methoxy groups -OCH3 is 1. The van der Waals surface area contributed by atoms with E-state index >= 15 is 0 Å². The van der Waals surface area contributed by atoms with E-state index in [9.17, 15) is 4.79 Å². The van der Waals surface area contributed by atoms with Crippen LogP contribution in [0.5, 0.6) is 0 Å². The van der Waals surface area contributed by atoms with Gasteiger partial charge in [-0.2, -0.15) is 0 Å². The maximum atomic E-state index is 12.5. The van der Waals surface area contributed by atoms with Crippen LogP contribution in [0.15, 0.2) is 0 Å². The summed E-state index contributed by atoms with van der Waals surface area (Å²) in [6.45, 7) is 13.0. The van der Waals surface area contributed by atoms with Crippen LogP contribution in [0.2, 0.25) is 0 Å². The van der Waals surface area contributed by atoms with Crippen molar-refractivity contribution in [2.45, 2.75) is 53.1 Å². The number of nitrogens with zero attached hydrogens (tertiary/aromatic N) is 4. The molecule has 1 aromatic heterocycles. The Labute approximate surface area is 138 Å². The van der Waals surface area contributed by atoms with E-state index in [0.29, 0.717) is 25.6 Å². The molecule has 1 unspecified atom stereocenters. The predicted molar refractivity (Wildman–Crippen MR) is 88.3 cm³/mol. The Morgan fingerprint density at radius 1 is 1.39 bits per heavy atom. The van der Waals surface area contributed by atoms with Gasteiger partial charge in [0.25, 0.3) is 0 Å². The highest BCUT2D eigenvalue weighted by molar-refractivity contribution is 5.74. The van der Waals surface area contributed by atoms with E-state index in [1.165, 1.54) is 0 Å². The molecule has 0 aromatic carbocycles. The maximum Gasteiger partial charge on any atom is 0.318 e. The molecule has 1 N–H and O–H groups in total. The summed E-state index contributed by atoms with van der Waals surface area (Å²) in [6.07, 6.45) is 0. The van der Waals surface area contributed by atoms with Crippen LogP contribution in [0.25, 0.3) is 0 Å². The van der Waals surface area contributed by atoms with Gasteiger partial charge in [-0.1, -0.05) is 27.7 Å². The van der Waals surface area contributed by atoms with Gasteiger partial charge in [0, 0.05) is 38.1 Å². The molecule has 2 amide bonds. The van der Waals surface area contributed by atoms with E-state index in [1.807, 2.05) is 11.8 Å². The van der Waals surface area contributed by atoms with E-state index in [1.54, 1.807) is 7.11 Å². The van der Waals surface area contributed by atoms with E-state index in [2.05, 4.69) is 47.8 Å². The van der Waals surface area contributed by atoms with Crippen molar-refractivity contribution in [2.75, 3.05) is 26.8 Å². The van der Waals surface area contributed by atoms with Crippen LogP contribution in [-0.4, -0.2) is 52.5 Å². The van der Waals surface area contributed by atoms with Gasteiger partial charge in [-0.15, -0.1) is 10.2 Å². The first kappa shape index (κ1) is 17.7. The third-order valence-corrected chi connectivity index (χ3v) is 4.24. The monoisotopic (exact) mass is 323 g/mol. The lowest BCUT2D eigenvalue weighted by atomic mass is 9.95. The number of urea groups is 1. The van der Waals surface area contributed by atoms with Crippen molar-refractivity contribution < 1.29 is 9.53 Å². The Hall–Kier alpha value is -1.63. The fourth-order valence-corrected chi connectivity index (χ4v) is 2.97. The number of carbonyl (C=O) groups is 1. The van der Waals surface area contributed by atoms with Crippen molar-refractivity contribution in [3.05, 3.63) is 11.6 Å². The van der Waals surface area contributed by atoms with Crippen LogP contribution < -0.4 is 5.32 Å². The minimum Gasteiger partial charge on any atom is -0.384 e. The molecule has 0 saturated carbocycles. The van der Waals surface area contributed by atoms with Gasteiger partial charge < -0.3 is 19.5 Å². The molecular formula is C16H29N5O2. The molecule has 0 aliphatic carbocycles. The fraction of sp³-hybridized carbons (Fsp3) is 0.812. The van der Waals surface area contributed by atoms with Crippen molar-refractivity contribution in [1.82, 2.24) is 25.0 Å². The van der Waals surface area contributed by atoms with E-state index in [4.69, 9.17) is 4.74 Å². The molecule has 0 saturated heterocycles. The predicted octanol–water partition coefficient (Wildman–Crippen LogP) is 2.16. The highest BCUT2D eigenvalue weighted by Gasteiger charge is 2.32. The SMILES string of the molecule is COCC(C)(C)CNC(=O)N1CCn2c(C(C)C)nnc2C1C. The number of carbonyl (C=O) groups excluding carboxylic acids is 1. The molecule has 2 heterocycles. The van der Waals surface area contributed by atoms with Crippen LogP contribution in [0, 0.1) is 5.41 Å². The summed E-state index contributed by atoms with van der Waals surface area (Å²) in [6, 6.07) is -0.128. The molecule has 1 aromatic rings. The van der Waals surface area contributed by atoms with Crippen molar-refractivity contribution in [3.63, 3.8) is 0 Å². The Morgan fingerprint density at radius 3 is 2.70 bits per heavy atom. The first-order valence-electron chi connectivity index (χ1n) is 8.23. The number of rotatable bonds is 5. The molecule has 1 atom stereocenters.